The van der Waals surface area contributed by atoms with Gasteiger partial charge in [0.15, 0.2) is 0 Å². The number of rotatable bonds is 4. The Hall–Kier alpha value is -1.66. The summed E-state index contributed by atoms with van der Waals surface area (Å²) in [6, 6.07) is 6.80. The van der Waals surface area contributed by atoms with Gasteiger partial charge in [-0.1, -0.05) is 12.1 Å². The third-order valence-electron chi connectivity index (χ3n) is 4.66. The zero-order valence-electron chi connectivity index (χ0n) is 14.4. The van der Waals surface area contributed by atoms with Crippen molar-refractivity contribution in [3.63, 3.8) is 0 Å². The molecular weight excluding hydrogens is 387 g/mol. The lowest BCUT2D eigenvalue weighted by atomic mass is 10.0. The maximum atomic E-state index is 13.0. The predicted octanol–water partition coefficient (Wildman–Crippen LogP) is 4.19. The van der Waals surface area contributed by atoms with Crippen molar-refractivity contribution in [1.29, 1.82) is 0 Å². The zero-order valence-corrected chi connectivity index (χ0v) is 16.0. The second-order valence-corrected chi connectivity index (χ2v) is 7.35. The minimum absolute atomic E-state index is 0.0850. The summed E-state index contributed by atoms with van der Waals surface area (Å²) in [7, 11) is 0. The number of hydrogen-bond acceptors (Lipinski definition) is 3. The van der Waals surface area contributed by atoms with E-state index in [1.54, 1.807) is 6.92 Å². The third kappa shape index (κ3) is 4.30. The van der Waals surface area contributed by atoms with E-state index in [4.69, 9.17) is 4.42 Å². The molecule has 3 rings (SSSR count). The van der Waals surface area contributed by atoms with Gasteiger partial charge in [0.25, 0.3) is 5.91 Å². The molecule has 2 aromatic rings. The molecule has 0 atom stereocenters. The number of carbonyl (C=O) groups excluding carboxylic acids is 1. The first-order valence-corrected chi connectivity index (χ1v) is 9.26. The Bertz CT molecular complexity index is 750. The molecule has 1 aliphatic heterocycles. The van der Waals surface area contributed by atoms with Crippen LogP contribution in [0.2, 0.25) is 0 Å². The highest BCUT2D eigenvalue weighted by atomic mass is 79.9. The van der Waals surface area contributed by atoms with E-state index in [1.165, 1.54) is 12.1 Å². The van der Waals surface area contributed by atoms with Gasteiger partial charge in [0.1, 0.15) is 17.3 Å². The van der Waals surface area contributed by atoms with E-state index in [9.17, 15) is 9.18 Å². The van der Waals surface area contributed by atoms with Crippen LogP contribution in [0.1, 0.15) is 40.3 Å². The highest BCUT2D eigenvalue weighted by Gasteiger charge is 2.25. The number of piperidine rings is 1. The highest BCUT2D eigenvalue weighted by Crippen LogP contribution is 2.27. The smallest absolute Gasteiger partial charge is 0.256 e. The lowest BCUT2D eigenvalue weighted by Crippen LogP contribution is -2.44. The first-order chi connectivity index (χ1) is 11.9. The number of nitrogens with one attached hydrogen (secondary N) is 1. The molecule has 0 aliphatic carbocycles. The molecule has 134 valence electrons. The fraction of sp³-hybridized carbons (Fsp3) is 0.421. The Morgan fingerprint density at radius 2 is 1.88 bits per heavy atom. The molecule has 0 unspecified atom stereocenters. The van der Waals surface area contributed by atoms with Gasteiger partial charge in [-0.2, -0.15) is 0 Å². The van der Waals surface area contributed by atoms with E-state index < -0.39 is 0 Å². The molecule has 0 saturated carbocycles. The predicted molar refractivity (Wildman–Crippen MR) is 98.0 cm³/mol. The van der Waals surface area contributed by atoms with Crippen molar-refractivity contribution in [2.24, 2.45) is 0 Å². The highest BCUT2D eigenvalue weighted by molar-refractivity contribution is 9.10. The maximum absolute atomic E-state index is 13.0. The molecule has 1 amide bonds. The molecule has 25 heavy (non-hydrogen) atoms. The number of likely N-dealkylation sites (tertiary alicyclic amines) is 1. The molecule has 1 aliphatic rings. The molecule has 1 N–H and O–H groups in total. The van der Waals surface area contributed by atoms with Crippen LogP contribution in [0.4, 0.5) is 4.39 Å². The number of nitrogens with zero attached hydrogens (tertiary/aromatic N) is 1. The molecule has 4 nitrogen and oxygen atoms in total. The third-order valence-corrected chi connectivity index (χ3v) is 5.61. The first kappa shape index (κ1) is 18.1. The van der Waals surface area contributed by atoms with E-state index >= 15 is 0 Å². The number of hydrogen-bond donors (Lipinski definition) is 1. The summed E-state index contributed by atoms with van der Waals surface area (Å²) in [5.41, 5.74) is 1.70. The van der Waals surface area contributed by atoms with Crippen LogP contribution in [-0.2, 0) is 6.54 Å². The van der Waals surface area contributed by atoms with Gasteiger partial charge in [0.05, 0.1) is 10.0 Å². The number of benzene rings is 1. The monoisotopic (exact) mass is 408 g/mol. The lowest BCUT2D eigenvalue weighted by molar-refractivity contribution is 0.0906. The lowest BCUT2D eigenvalue weighted by Gasteiger charge is -2.32. The van der Waals surface area contributed by atoms with Crippen LogP contribution < -0.4 is 5.32 Å². The average Bonchev–Trinajstić information content (AvgIpc) is 2.84. The SMILES string of the molecule is Cc1oc(C)c(C(=O)NC2CCN(Cc3ccc(F)cc3)CC2)c1Br. The Balaban J connectivity index is 1.52. The standard InChI is InChI=1S/C19H22BrFN2O2/c1-12-17(18(20)13(2)25-12)19(24)22-16-7-9-23(10-8-16)11-14-3-5-15(21)6-4-14/h3-6,16H,7-11H2,1-2H3,(H,22,24). The van der Waals surface area contributed by atoms with Crippen LogP contribution in [0, 0.1) is 19.7 Å². The van der Waals surface area contributed by atoms with Crippen molar-refractivity contribution in [1.82, 2.24) is 10.2 Å². The van der Waals surface area contributed by atoms with Crippen LogP contribution in [0.25, 0.3) is 0 Å². The van der Waals surface area contributed by atoms with Gasteiger partial charge in [-0.25, -0.2) is 4.39 Å². The number of carbonyl (C=O) groups is 1. The van der Waals surface area contributed by atoms with Crippen molar-refractivity contribution < 1.29 is 13.6 Å². The second kappa shape index (κ2) is 7.70. The van der Waals surface area contributed by atoms with Gasteiger partial charge in [-0.3, -0.25) is 9.69 Å². The van der Waals surface area contributed by atoms with E-state index in [1.807, 2.05) is 19.1 Å². The Kier molecular flexibility index (Phi) is 5.59. The van der Waals surface area contributed by atoms with Gasteiger partial charge >= 0.3 is 0 Å². The number of amides is 1. The normalized spacial score (nSPS) is 16.2. The largest absolute Gasteiger partial charge is 0.465 e. The average molecular weight is 409 g/mol. The summed E-state index contributed by atoms with van der Waals surface area (Å²) in [5, 5.41) is 3.12. The summed E-state index contributed by atoms with van der Waals surface area (Å²) in [6.07, 6.45) is 1.81. The van der Waals surface area contributed by atoms with Crippen LogP contribution in [-0.4, -0.2) is 29.9 Å². The van der Waals surface area contributed by atoms with Crippen LogP contribution >= 0.6 is 15.9 Å². The summed E-state index contributed by atoms with van der Waals surface area (Å²) in [5.74, 6) is 1.06. The van der Waals surface area contributed by atoms with Crippen LogP contribution in [0.3, 0.4) is 0 Å². The quantitative estimate of drug-likeness (QED) is 0.824. The number of furan rings is 1. The molecule has 1 saturated heterocycles. The van der Waals surface area contributed by atoms with Gasteiger partial charge in [-0.05, 0) is 60.3 Å². The fourth-order valence-electron chi connectivity index (χ4n) is 3.26. The van der Waals surface area contributed by atoms with Gasteiger partial charge < -0.3 is 9.73 Å². The maximum Gasteiger partial charge on any atom is 0.256 e. The molecule has 0 radical (unpaired) electrons. The molecule has 6 heteroatoms. The summed E-state index contributed by atoms with van der Waals surface area (Å²) in [6.45, 7) is 6.27. The van der Waals surface area contributed by atoms with Crippen LogP contribution in [0.15, 0.2) is 33.2 Å². The van der Waals surface area contributed by atoms with Gasteiger partial charge in [0, 0.05) is 25.7 Å². The summed E-state index contributed by atoms with van der Waals surface area (Å²) < 4.78 is 19.2. The molecule has 0 bridgehead atoms. The van der Waals surface area contributed by atoms with Gasteiger partial charge in [-0.15, -0.1) is 0 Å². The van der Waals surface area contributed by atoms with Gasteiger partial charge in [0.2, 0.25) is 0 Å². The summed E-state index contributed by atoms with van der Waals surface area (Å²) in [4.78, 5) is 14.9. The molecular formula is C19H22BrFN2O2. The van der Waals surface area contributed by atoms with E-state index in [-0.39, 0.29) is 17.8 Å². The molecule has 2 heterocycles. The molecule has 1 aromatic heterocycles. The molecule has 0 spiro atoms. The minimum Gasteiger partial charge on any atom is -0.465 e. The second-order valence-electron chi connectivity index (χ2n) is 6.55. The van der Waals surface area contributed by atoms with Crippen molar-refractivity contribution >= 4 is 21.8 Å². The Labute approximate surface area is 155 Å². The topological polar surface area (TPSA) is 45.5 Å². The van der Waals surface area contributed by atoms with Crippen molar-refractivity contribution in [2.75, 3.05) is 13.1 Å². The van der Waals surface area contributed by atoms with Crippen molar-refractivity contribution in [3.8, 4) is 0 Å². The molecule has 1 aromatic carbocycles. The van der Waals surface area contributed by atoms with Crippen molar-refractivity contribution in [2.45, 2.75) is 39.3 Å². The molecule has 1 fully saturated rings. The van der Waals surface area contributed by atoms with E-state index in [0.717, 1.165) is 48.3 Å². The first-order valence-electron chi connectivity index (χ1n) is 8.47. The minimum atomic E-state index is -0.207. The van der Waals surface area contributed by atoms with E-state index in [2.05, 4.69) is 26.1 Å². The van der Waals surface area contributed by atoms with Crippen LogP contribution in [0.5, 0.6) is 0 Å². The number of halogens is 2. The van der Waals surface area contributed by atoms with Crippen molar-refractivity contribution in [3.05, 3.63) is 57.2 Å². The van der Waals surface area contributed by atoms with E-state index in [0.29, 0.717) is 11.3 Å². The number of aryl methyl sites for hydroxylation is 2. The Morgan fingerprint density at radius 1 is 1.24 bits per heavy atom. The Morgan fingerprint density at radius 3 is 2.44 bits per heavy atom. The zero-order chi connectivity index (χ0) is 18.0. The summed E-state index contributed by atoms with van der Waals surface area (Å²) >= 11 is 3.43. The fourth-order valence-corrected chi connectivity index (χ4v) is 3.80.